The van der Waals surface area contributed by atoms with E-state index in [9.17, 15) is 9.18 Å². The maximum atomic E-state index is 13.9. The first kappa shape index (κ1) is 12.5. The summed E-state index contributed by atoms with van der Waals surface area (Å²) in [5, 5.41) is 0. The van der Waals surface area contributed by atoms with Crippen molar-refractivity contribution in [3.05, 3.63) is 23.5 Å². The number of benzene rings is 1. The van der Waals surface area contributed by atoms with Gasteiger partial charge in [0.05, 0.1) is 18.3 Å². The monoisotopic (exact) mass is 226 g/mol. The third-order valence-electron chi connectivity index (χ3n) is 1.87. The number of carbonyl (C=O) groups is 1. The maximum absolute atomic E-state index is 13.9. The van der Waals surface area contributed by atoms with Gasteiger partial charge in [0.15, 0.2) is 17.8 Å². The van der Waals surface area contributed by atoms with Crippen LogP contribution in [0.1, 0.15) is 31.1 Å². The molecular weight excluding hydrogens is 211 g/mol. The summed E-state index contributed by atoms with van der Waals surface area (Å²) in [7, 11) is 0. The summed E-state index contributed by atoms with van der Waals surface area (Å²) in [6.45, 7) is 5.62. The number of halogens is 1. The first-order valence-electron chi connectivity index (χ1n) is 5.17. The zero-order chi connectivity index (χ0) is 12.1. The molecule has 0 aromatic heterocycles. The van der Waals surface area contributed by atoms with Crippen LogP contribution in [0.5, 0.6) is 11.5 Å². The largest absolute Gasteiger partial charge is 0.490 e. The average Bonchev–Trinajstić information content (AvgIpc) is 2.24. The summed E-state index contributed by atoms with van der Waals surface area (Å²) in [5.41, 5.74) is 0.190. The van der Waals surface area contributed by atoms with Crippen molar-refractivity contribution in [3.8, 4) is 11.5 Å². The summed E-state index contributed by atoms with van der Waals surface area (Å²) in [6.07, 6.45) is 0.429. The molecule has 0 bridgehead atoms. The molecule has 4 heteroatoms. The van der Waals surface area contributed by atoms with Crippen molar-refractivity contribution in [1.29, 1.82) is 0 Å². The quantitative estimate of drug-likeness (QED) is 0.724. The highest BCUT2D eigenvalue weighted by atomic mass is 19.1. The van der Waals surface area contributed by atoms with Crippen molar-refractivity contribution < 1.29 is 18.7 Å². The van der Waals surface area contributed by atoms with Crippen molar-refractivity contribution in [1.82, 2.24) is 0 Å². The zero-order valence-electron chi connectivity index (χ0n) is 9.62. The number of hydrogen-bond acceptors (Lipinski definition) is 3. The minimum Gasteiger partial charge on any atom is -0.490 e. The number of ether oxygens (including phenoxy) is 2. The molecule has 3 nitrogen and oxygen atoms in total. The number of carbonyl (C=O) groups excluding carboxylic acids is 1. The Labute approximate surface area is 94.2 Å². The maximum Gasteiger partial charge on any atom is 0.207 e. The van der Waals surface area contributed by atoms with Crippen LogP contribution in [0.3, 0.4) is 0 Å². The lowest BCUT2D eigenvalue weighted by atomic mass is 10.2. The van der Waals surface area contributed by atoms with Crippen LogP contribution in [-0.2, 0) is 0 Å². The van der Waals surface area contributed by atoms with Crippen LogP contribution in [0.15, 0.2) is 12.1 Å². The second-order valence-electron chi connectivity index (χ2n) is 3.51. The lowest BCUT2D eigenvalue weighted by molar-refractivity contribution is 0.111. The van der Waals surface area contributed by atoms with Crippen molar-refractivity contribution in [2.24, 2.45) is 0 Å². The second kappa shape index (κ2) is 5.49. The molecule has 0 radical (unpaired) electrons. The fourth-order valence-electron chi connectivity index (χ4n) is 1.28. The molecule has 16 heavy (non-hydrogen) atoms. The summed E-state index contributed by atoms with van der Waals surface area (Å²) in [4.78, 5) is 10.7. The van der Waals surface area contributed by atoms with Crippen molar-refractivity contribution in [2.75, 3.05) is 6.61 Å². The molecule has 0 N–H and O–H groups in total. The Morgan fingerprint density at radius 1 is 1.44 bits per heavy atom. The molecule has 0 unspecified atom stereocenters. The highest BCUT2D eigenvalue weighted by Crippen LogP contribution is 2.30. The molecule has 0 amide bonds. The van der Waals surface area contributed by atoms with Gasteiger partial charge in [0.25, 0.3) is 0 Å². The first-order valence-corrected chi connectivity index (χ1v) is 5.17. The van der Waals surface area contributed by atoms with E-state index in [-0.39, 0.29) is 23.2 Å². The summed E-state index contributed by atoms with van der Waals surface area (Å²) in [5.74, 6) is -0.570. The van der Waals surface area contributed by atoms with Crippen LogP contribution in [0.25, 0.3) is 0 Å². The molecule has 0 saturated carbocycles. The first-order chi connectivity index (χ1) is 7.60. The molecular formula is C12H15FO3. The van der Waals surface area contributed by atoms with Gasteiger partial charge >= 0.3 is 0 Å². The van der Waals surface area contributed by atoms with Crippen LogP contribution in [0.4, 0.5) is 4.39 Å². The van der Waals surface area contributed by atoms with E-state index >= 15 is 0 Å². The molecule has 0 atom stereocenters. The molecule has 0 saturated heterocycles. The Kier molecular flexibility index (Phi) is 4.28. The molecule has 0 heterocycles. The van der Waals surface area contributed by atoms with E-state index in [1.54, 1.807) is 20.8 Å². The molecule has 1 aromatic rings. The molecule has 1 rings (SSSR count). The Balaban J connectivity index is 3.14. The van der Waals surface area contributed by atoms with Crippen LogP contribution < -0.4 is 9.47 Å². The third-order valence-corrected chi connectivity index (χ3v) is 1.87. The van der Waals surface area contributed by atoms with Gasteiger partial charge in [-0.2, -0.15) is 4.39 Å². The zero-order valence-corrected chi connectivity index (χ0v) is 9.62. The van der Waals surface area contributed by atoms with Crippen LogP contribution >= 0.6 is 0 Å². The number of rotatable bonds is 5. The molecule has 0 aliphatic heterocycles. The van der Waals surface area contributed by atoms with Gasteiger partial charge in [0.1, 0.15) is 0 Å². The fraction of sp³-hybridized carbons (Fsp3) is 0.417. The van der Waals surface area contributed by atoms with Crippen molar-refractivity contribution in [3.63, 3.8) is 0 Å². The lowest BCUT2D eigenvalue weighted by Crippen LogP contribution is -2.08. The molecule has 88 valence electrons. The standard InChI is InChI=1S/C12H15FO3/c1-4-15-12-9(7-14)5-6-10(11(12)13)16-8(2)3/h5-8H,4H2,1-3H3. The molecule has 0 spiro atoms. The minimum absolute atomic E-state index is 0.0457. The highest BCUT2D eigenvalue weighted by Gasteiger charge is 2.16. The van der Waals surface area contributed by atoms with Crippen LogP contribution in [0, 0.1) is 5.82 Å². The van der Waals surface area contributed by atoms with E-state index in [1.807, 2.05) is 0 Å². The van der Waals surface area contributed by atoms with E-state index in [0.717, 1.165) is 0 Å². The summed E-state index contributed by atoms with van der Waals surface area (Å²) < 4.78 is 24.2. The van der Waals surface area contributed by atoms with Crippen molar-refractivity contribution in [2.45, 2.75) is 26.9 Å². The average molecular weight is 226 g/mol. The Morgan fingerprint density at radius 2 is 2.12 bits per heavy atom. The van der Waals surface area contributed by atoms with E-state index in [1.165, 1.54) is 12.1 Å². The van der Waals surface area contributed by atoms with Crippen LogP contribution in [-0.4, -0.2) is 19.0 Å². The smallest absolute Gasteiger partial charge is 0.207 e. The van der Waals surface area contributed by atoms with Gasteiger partial charge in [-0.05, 0) is 32.9 Å². The molecule has 0 aliphatic carbocycles. The Morgan fingerprint density at radius 3 is 2.62 bits per heavy atom. The number of aldehydes is 1. The normalized spacial score (nSPS) is 10.3. The third kappa shape index (κ3) is 2.72. The lowest BCUT2D eigenvalue weighted by Gasteiger charge is -2.14. The van der Waals surface area contributed by atoms with Gasteiger partial charge in [-0.3, -0.25) is 4.79 Å². The van der Waals surface area contributed by atoms with Crippen molar-refractivity contribution >= 4 is 6.29 Å². The fourth-order valence-corrected chi connectivity index (χ4v) is 1.28. The van der Waals surface area contributed by atoms with E-state index < -0.39 is 5.82 Å². The SMILES string of the molecule is CCOc1c(C=O)ccc(OC(C)C)c1F. The predicted octanol–water partition coefficient (Wildman–Crippen LogP) is 2.82. The van der Waals surface area contributed by atoms with E-state index in [4.69, 9.17) is 9.47 Å². The van der Waals surface area contributed by atoms with E-state index in [2.05, 4.69) is 0 Å². The predicted molar refractivity (Wildman–Crippen MR) is 58.7 cm³/mol. The second-order valence-corrected chi connectivity index (χ2v) is 3.51. The summed E-state index contributed by atoms with van der Waals surface area (Å²) in [6, 6.07) is 2.92. The molecule has 1 aromatic carbocycles. The van der Waals surface area contributed by atoms with Gasteiger partial charge in [0, 0.05) is 0 Å². The summed E-state index contributed by atoms with van der Waals surface area (Å²) >= 11 is 0. The number of hydrogen-bond donors (Lipinski definition) is 0. The molecule has 0 fully saturated rings. The minimum atomic E-state index is -0.625. The van der Waals surface area contributed by atoms with Gasteiger partial charge in [-0.1, -0.05) is 0 Å². The van der Waals surface area contributed by atoms with Crippen LogP contribution in [0.2, 0.25) is 0 Å². The van der Waals surface area contributed by atoms with Gasteiger partial charge in [0.2, 0.25) is 5.82 Å². The van der Waals surface area contributed by atoms with Gasteiger partial charge < -0.3 is 9.47 Å². The molecule has 0 aliphatic rings. The van der Waals surface area contributed by atoms with E-state index in [0.29, 0.717) is 12.9 Å². The van der Waals surface area contributed by atoms with Gasteiger partial charge in [-0.25, -0.2) is 0 Å². The van der Waals surface area contributed by atoms with Gasteiger partial charge in [-0.15, -0.1) is 0 Å². The topological polar surface area (TPSA) is 35.5 Å². The Hall–Kier alpha value is -1.58. The highest BCUT2D eigenvalue weighted by molar-refractivity contribution is 5.80. The Bertz CT molecular complexity index is 375.